The molecule has 1 aromatic carbocycles. The van der Waals surface area contributed by atoms with E-state index in [1.165, 1.54) is 5.56 Å². The van der Waals surface area contributed by atoms with Crippen LogP contribution in [-0.4, -0.2) is 35.7 Å². The van der Waals surface area contributed by atoms with E-state index in [1.807, 2.05) is 39.0 Å². The number of ketones is 1. The van der Waals surface area contributed by atoms with Gasteiger partial charge in [-0.25, -0.2) is 0 Å². The monoisotopic (exact) mass is 288 g/mol. The molecule has 1 atom stereocenters. The van der Waals surface area contributed by atoms with Gasteiger partial charge in [-0.05, 0) is 63.9 Å². The van der Waals surface area contributed by atoms with E-state index in [0.29, 0.717) is 0 Å². The third-order valence-electron chi connectivity index (χ3n) is 4.65. The van der Waals surface area contributed by atoms with Gasteiger partial charge < -0.3 is 5.73 Å². The molecule has 0 spiro atoms. The molecule has 0 aromatic heterocycles. The van der Waals surface area contributed by atoms with Crippen LogP contribution in [-0.2, 0) is 4.79 Å². The van der Waals surface area contributed by atoms with E-state index in [2.05, 4.69) is 4.90 Å². The first-order chi connectivity index (χ1) is 9.90. The number of nitrogens with zero attached hydrogens (tertiary/aromatic N) is 1. The molecule has 1 aliphatic rings. The molecular weight excluding hydrogens is 264 g/mol. The lowest BCUT2D eigenvalue weighted by Gasteiger charge is -2.34. The maximum absolute atomic E-state index is 12.6. The van der Waals surface area contributed by atoms with Crippen LogP contribution >= 0.6 is 0 Å². The summed E-state index contributed by atoms with van der Waals surface area (Å²) in [5.74, 6) is -0.108. The molecule has 114 valence electrons. The van der Waals surface area contributed by atoms with Gasteiger partial charge in [0.15, 0.2) is 5.78 Å². The van der Waals surface area contributed by atoms with E-state index in [9.17, 15) is 9.59 Å². The molecule has 0 radical (unpaired) electrons. The number of carbonyl (C=O) groups is 2. The Kier molecular flexibility index (Phi) is 4.78. The molecule has 1 aromatic rings. The minimum Gasteiger partial charge on any atom is -0.369 e. The SMILES string of the molecule is Cc1ccc(C(=O)C(C)N2CCC(C(N)=O)CC2)cc1C. The average molecular weight is 288 g/mol. The molecule has 1 heterocycles. The van der Waals surface area contributed by atoms with Crippen molar-refractivity contribution in [2.75, 3.05) is 13.1 Å². The van der Waals surface area contributed by atoms with E-state index in [1.54, 1.807) is 0 Å². The van der Waals surface area contributed by atoms with Crippen LogP contribution in [0.3, 0.4) is 0 Å². The number of piperidine rings is 1. The first kappa shape index (κ1) is 15.7. The number of benzene rings is 1. The third kappa shape index (κ3) is 3.50. The van der Waals surface area contributed by atoms with Gasteiger partial charge in [-0.2, -0.15) is 0 Å². The van der Waals surface area contributed by atoms with Crippen LogP contribution in [0.1, 0.15) is 41.3 Å². The summed E-state index contributed by atoms with van der Waals surface area (Å²) in [6.45, 7) is 7.52. The summed E-state index contributed by atoms with van der Waals surface area (Å²) in [5.41, 5.74) is 8.45. The van der Waals surface area contributed by atoms with Crippen molar-refractivity contribution in [3.05, 3.63) is 34.9 Å². The number of likely N-dealkylation sites (tertiary alicyclic amines) is 1. The van der Waals surface area contributed by atoms with Crippen molar-refractivity contribution >= 4 is 11.7 Å². The lowest BCUT2D eigenvalue weighted by atomic mass is 9.93. The topological polar surface area (TPSA) is 63.4 Å². The number of hydrogen-bond acceptors (Lipinski definition) is 3. The standard InChI is InChI=1S/C17H24N2O2/c1-11-4-5-15(10-12(11)2)16(20)13(3)19-8-6-14(7-9-19)17(18)21/h4-5,10,13-14H,6-9H2,1-3H3,(H2,18,21). The largest absolute Gasteiger partial charge is 0.369 e. The molecule has 4 nitrogen and oxygen atoms in total. The van der Waals surface area contributed by atoms with E-state index < -0.39 is 0 Å². The second-order valence-electron chi connectivity index (χ2n) is 6.05. The molecule has 1 unspecified atom stereocenters. The fourth-order valence-electron chi connectivity index (χ4n) is 2.87. The highest BCUT2D eigenvalue weighted by molar-refractivity contribution is 6.00. The minimum absolute atomic E-state index is 0.0369. The third-order valence-corrected chi connectivity index (χ3v) is 4.65. The van der Waals surface area contributed by atoms with Crippen molar-refractivity contribution in [2.24, 2.45) is 11.7 Å². The van der Waals surface area contributed by atoms with Crippen molar-refractivity contribution in [2.45, 2.75) is 39.7 Å². The second kappa shape index (κ2) is 6.39. The Balaban J connectivity index is 2.03. The average Bonchev–Trinajstić information content (AvgIpc) is 2.48. The highest BCUT2D eigenvalue weighted by atomic mass is 16.1. The first-order valence-corrected chi connectivity index (χ1v) is 7.55. The Morgan fingerprint density at radius 2 is 1.81 bits per heavy atom. The zero-order chi connectivity index (χ0) is 15.6. The van der Waals surface area contributed by atoms with Gasteiger partial charge in [-0.15, -0.1) is 0 Å². The first-order valence-electron chi connectivity index (χ1n) is 7.55. The summed E-state index contributed by atoms with van der Waals surface area (Å²) >= 11 is 0. The molecule has 1 aliphatic heterocycles. The van der Waals surface area contributed by atoms with Crippen LogP contribution in [0.2, 0.25) is 0 Å². The summed E-state index contributed by atoms with van der Waals surface area (Å²) in [4.78, 5) is 25.9. The van der Waals surface area contributed by atoms with Crippen molar-refractivity contribution < 1.29 is 9.59 Å². The Labute approximate surface area is 126 Å². The number of amides is 1. The number of rotatable bonds is 4. The van der Waals surface area contributed by atoms with Gasteiger partial charge in [0.2, 0.25) is 5.91 Å². The molecule has 0 bridgehead atoms. The molecule has 21 heavy (non-hydrogen) atoms. The number of nitrogens with two attached hydrogens (primary N) is 1. The van der Waals surface area contributed by atoms with Crippen LogP contribution in [0, 0.1) is 19.8 Å². The highest BCUT2D eigenvalue weighted by Crippen LogP contribution is 2.21. The van der Waals surface area contributed by atoms with Gasteiger partial charge in [0.25, 0.3) is 0 Å². The van der Waals surface area contributed by atoms with Crippen LogP contribution in [0.5, 0.6) is 0 Å². The van der Waals surface area contributed by atoms with E-state index in [0.717, 1.165) is 37.1 Å². The molecule has 2 rings (SSSR count). The zero-order valence-corrected chi connectivity index (χ0v) is 13.1. The zero-order valence-electron chi connectivity index (χ0n) is 13.1. The van der Waals surface area contributed by atoms with Crippen molar-refractivity contribution in [1.82, 2.24) is 4.90 Å². The smallest absolute Gasteiger partial charge is 0.220 e. The van der Waals surface area contributed by atoms with Crippen molar-refractivity contribution in [3.63, 3.8) is 0 Å². The maximum Gasteiger partial charge on any atom is 0.220 e. The summed E-state index contributed by atoms with van der Waals surface area (Å²) in [6.07, 6.45) is 1.50. The number of primary amides is 1. The fraction of sp³-hybridized carbons (Fsp3) is 0.529. The lowest BCUT2D eigenvalue weighted by Crippen LogP contribution is -2.46. The van der Waals surface area contributed by atoms with Crippen molar-refractivity contribution in [3.8, 4) is 0 Å². The molecule has 1 amide bonds. The van der Waals surface area contributed by atoms with Crippen LogP contribution in [0.25, 0.3) is 0 Å². The number of aryl methyl sites for hydroxylation is 2. The van der Waals surface area contributed by atoms with Gasteiger partial charge in [-0.1, -0.05) is 12.1 Å². The van der Waals surface area contributed by atoms with Gasteiger partial charge in [0.1, 0.15) is 0 Å². The van der Waals surface area contributed by atoms with E-state index in [4.69, 9.17) is 5.73 Å². The highest BCUT2D eigenvalue weighted by Gasteiger charge is 2.29. The molecule has 0 saturated carbocycles. The molecule has 2 N–H and O–H groups in total. The summed E-state index contributed by atoms with van der Waals surface area (Å²) in [5, 5.41) is 0. The Morgan fingerprint density at radius 3 is 2.33 bits per heavy atom. The Hall–Kier alpha value is -1.68. The number of hydrogen-bond donors (Lipinski definition) is 1. The van der Waals surface area contributed by atoms with Crippen LogP contribution in [0.15, 0.2) is 18.2 Å². The van der Waals surface area contributed by atoms with Gasteiger partial charge in [-0.3, -0.25) is 14.5 Å². The van der Waals surface area contributed by atoms with E-state index in [-0.39, 0.29) is 23.7 Å². The minimum atomic E-state index is -0.220. The summed E-state index contributed by atoms with van der Waals surface area (Å²) < 4.78 is 0. The molecule has 4 heteroatoms. The normalized spacial score (nSPS) is 18.4. The molecular formula is C17H24N2O2. The predicted octanol–water partition coefficient (Wildman–Crippen LogP) is 2.07. The molecule has 0 aliphatic carbocycles. The molecule has 1 saturated heterocycles. The van der Waals surface area contributed by atoms with Crippen LogP contribution in [0.4, 0.5) is 0 Å². The summed E-state index contributed by atoms with van der Waals surface area (Å²) in [6, 6.07) is 5.71. The Morgan fingerprint density at radius 1 is 1.19 bits per heavy atom. The van der Waals surface area contributed by atoms with Gasteiger partial charge in [0, 0.05) is 11.5 Å². The Bertz CT molecular complexity index is 546. The fourth-order valence-corrected chi connectivity index (χ4v) is 2.87. The van der Waals surface area contributed by atoms with E-state index >= 15 is 0 Å². The summed E-state index contributed by atoms with van der Waals surface area (Å²) in [7, 11) is 0. The van der Waals surface area contributed by atoms with Crippen molar-refractivity contribution in [1.29, 1.82) is 0 Å². The lowest BCUT2D eigenvalue weighted by molar-refractivity contribution is -0.123. The van der Waals surface area contributed by atoms with Crippen LogP contribution < -0.4 is 5.73 Å². The quantitative estimate of drug-likeness (QED) is 0.863. The van der Waals surface area contributed by atoms with Gasteiger partial charge >= 0.3 is 0 Å². The molecule has 1 fully saturated rings. The second-order valence-corrected chi connectivity index (χ2v) is 6.05. The number of Topliss-reactive ketones (excluding diaryl/α,β-unsaturated/α-hetero) is 1. The van der Waals surface area contributed by atoms with Gasteiger partial charge in [0.05, 0.1) is 6.04 Å². The predicted molar refractivity (Wildman–Crippen MR) is 83.2 cm³/mol. The number of carbonyl (C=O) groups excluding carboxylic acids is 2. The maximum atomic E-state index is 12.6.